The quantitative estimate of drug-likeness (QED) is 0.682. The minimum absolute atomic E-state index is 0.166. The molecule has 1 N–H and O–H groups in total. The van der Waals surface area contributed by atoms with Crippen LogP contribution in [0.1, 0.15) is 31.1 Å². The van der Waals surface area contributed by atoms with Crippen molar-refractivity contribution >= 4 is 17.0 Å². The molecule has 2 aliphatic heterocycles. The fraction of sp³-hybridized carbons (Fsp3) is 0.524. The Balaban J connectivity index is 1.20. The summed E-state index contributed by atoms with van der Waals surface area (Å²) in [7, 11) is 1.42. The zero-order valence-electron chi connectivity index (χ0n) is 17.4. The van der Waals surface area contributed by atoms with E-state index < -0.39 is 5.82 Å². The minimum Gasteiger partial charge on any atom is -0.453 e. The molecule has 5 rings (SSSR count). The third-order valence-electron chi connectivity index (χ3n) is 6.41. The summed E-state index contributed by atoms with van der Waals surface area (Å²) in [6.45, 7) is 4.36. The second kappa shape index (κ2) is 8.26. The molecule has 0 radical (unpaired) electrons. The van der Waals surface area contributed by atoms with Crippen molar-refractivity contribution < 1.29 is 18.4 Å². The van der Waals surface area contributed by atoms with Crippen molar-refractivity contribution in [2.45, 2.75) is 25.2 Å². The Morgan fingerprint density at radius 2 is 2.13 bits per heavy atom. The predicted molar refractivity (Wildman–Crippen MR) is 110 cm³/mol. The minimum atomic E-state index is -0.395. The molecule has 0 unspecified atom stereocenters. The van der Waals surface area contributed by atoms with Crippen LogP contribution in [0.2, 0.25) is 0 Å². The van der Waals surface area contributed by atoms with Gasteiger partial charge in [0.15, 0.2) is 0 Å². The molecule has 3 aromatic rings. The van der Waals surface area contributed by atoms with Crippen LogP contribution in [0.3, 0.4) is 0 Å². The van der Waals surface area contributed by atoms with Gasteiger partial charge in [0.25, 0.3) is 0 Å². The molecule has 1 atom stereocenters. The lowest BCUT2D eigenvalue weighted by atomic mass is 9.95. The average Bonchev–Trinajstić information content (AvgIpc) is 3.54. The number of rotatable bonds is 4. The van der Waals surface area contributed by atoms with Crippen LogP contribution in [0.15, 0.2) is 22.9 Å². The average molecular weight is 428 g/mol. The number of H-pyrrole nitrogens is 1. The van der Waals surface area contributed by atoms with Crippen molar-refractivity contribution in [2.24, 2.45) is 5.92 Å². The smallest absolute Gasteiger partial charge is 0.409 e. The van der Waals surface area contributed by atoms with Gasteiger partial charge in [0.05, 0.1) is 24.4 Å². The molecule has 4 heterocycles. The summed E-state index contributed by atoms with van der Waals surface area (Å²) in [4.78, 5) is 20.4. The van der Waals surface area contributed by atoms with Crippen LogP contribution in [0.25, 0.3) is 22.3 Å². The van der Waals surface area contributed by atoms with Gasteiger partial charge in [-0.3, -0.25) is 5.10 Å². The van der Waals surface area contributed by atoms with Crippen molar-refractivity contribution in [3.63, 3.8) is 0 Å². The topological polar surface area (TPSA) is 100 Å². The number of carbonyl (C=O) groups excluding carboxylic acids is 1. The maximum Gasteiger partial charge on any atom is 0.409 e. The molecular formula is C21H25FN6O3. The molecule has 1 aromatic carbocycles. The summed E-state index contributed by atoms with van der Waals surface area (Å²) in [5, 5.41) is 11.5. The molecule has 9 nitrogen and oxygen atoms in total. The molecule has 0 spiro atoms. The number of piperidine rings is 1. The van der Waals surface area contributed by atoms with Crippen LogP contribution >= 0.6 is 0 Å². The highest BCUT2D eigenvalue weighted by molar-refractivity contribution is 5.92. The van der Waals surface area contributed by atoms with Crippen molar-refractivity contribution in [1.82, 2.24) is 30.1 Å². The highest BCUT2D eigenvalue weighted by Gasteiger charge is 2.31. The number of hydrogen-bond donors (Lipinski definition) is 1. The molecular weight excluding hydrogens is 403 g/mol. The number of benzene rings is 1. The van der Waals surface area contributed by atoms with E-state index in [1.165, 1.54) is 13.2 Å². The van der Waals surface area contributed by atoms with Crippen LogP contribution in [0.4, 0.5) is 9.18 Å². The monoisotopic (exact) mass is 428 g/mol. The Hall–Kier alpha value is -3.01. The second-order valence-electron chi connectivity index (χ2n) is 8.36. The molecule has 2 aromatic heterocycles. The number of amides is 1. The van der Waals surface area contributed by atoms with Gasteiger partial charge in [0.1, 0.15) is 5.82 Å². The van der Waals surface area contributed by atoms with Crippen molar-refractivity contribution in [3.05, 3.63) is 30.0 Å². The molecule has 31 heavy (non-hydrogen) atoms. The van der Waals surface area contributed by atoms with Gasteiger partial charge in [-0.1, -0.05) is 5.16 Å². The largest absolute Gasteiger partial charge is 0.453 e. The number of aromatic nitrogens is 4. The molecule has 2 fully saturated rings. The first-order valence-corrected chi connectivity index (χ1v) is 10.6. The summed E-state index contributed by atoms with van der Waals surface area (Å²) in [6, 6.07) is 3.03. The fourth-order valence-corrected chi connectivity index (χ4v) is 4.72. The number of carbonyl (C=O) groups is 1. The highest BCUT2D eigenvalue weighted by atomic mass is 19.1. The van der Waals surface area contributed by atoms with E-state index in [0.717, 1.165) is 57.5 Å². The van der Waals surface area contributed by atoms with Crippen LogP contribution in [0, 0.1) is 11.7 Å². The predicted octanol–water partition coefficient (Wildman–Crippen LogP) is 3.02. The lowest BCUT2D eigenvalue weighted by molar-refractivity contribution is 0.128. The van der Waals surface area contributed by atoms with Gasteiger partial charge >= 0.3 is 6.09 Å². The van der Waals surface area contributed by atoms with E-state index in [-0.39, 0.29) is 17.8 Å². The Morgan fingerprint density at radius 3 is 2.94 bits per heavy atom. The number of aromatic amines is 1. The van der Waals surface area contributed by atoms with E-state index in [2.05, 4.69) is 25.2 Å². The normalized spacial score (nSPS) is 20.6. The number of hydrogen-bond acceptors (Lipinski definition) is 7. The van der Waals surface area contributed by atoms with Crippen molar-refractivity contribution in [3.8, 4) is 11.4 Å². The first-order chi connectivity index (χ1) is 15.1. The second-order valence-corrected chi connectivity index (χ2v) is 8.36. The molecule has 0 aliphatic carbocycles. The molecule has 1 amide bonds. The van der Waals surface area contributed by atoms with E-state index in [1.54, 1.807) is 17.2 Å². The Bertz CT molecular complexity index is 1070. The van der Waals surface area contributed by atoms with Gasteiger partial charge in [-0.05, 0) is 50.4 Å². The SMILES string of the molecule is COC(=O)N1CC[C@H](CN2CCC(c3nc(-c4c(F)ccc5[nH]ncc45)no3)CC2)C1. The zero-order chi connectivity index (χ0) is 21.4. The van der Waals surface area contributed by atoms with E-state index >= 15 is 0 Å². The maximum absolute atomic E-state index is 14.5. The van der Waals surface area contributed by atoms with Crippen molar-refractivity contribution in [2.75, 3.05) is 39.8 Å². The molecule has 2 aliphatic rings. The van der Waals surface area contributed by atoms with Crippen LogP contribution < -0.4 is 0 Å². The lowest BCUT2D eigenvalue weighted by Crippen LogP contribution is -2.37. The zero-order valence-corrected chi connectivity index (χ0v) is 17.4. The van der Waals surface area contributed by atoms with Crippen LogP contribution in [0.5, 0.6) is 0 Å². The number of methoxy groups -OCH3 is 1. The first kappa shape index (κ1) is 19.9. The summed E-state index contributed by atoms with van der Waals surface area (Å²) < 4.78 is 24.8. The third-order valence-corrected chi connectivity index (χ3v) is 6.41. The number of halogens is 1. The third kappa shape index (κ3) is 3.87. The molecule has 0 saturated carbocycles. The van der Waals surface area contributed by atoms with E-state index in [1.807, 2.05) is 0 Å². The Morgan fingerprint density at radius 1 is 1.29 bits per heavy atom. The highest BCUT2D eigenvalue weighted by Crippen LogP contribution is 2.32. The molecule has 2 saturated heterocycles. The number of fused-ring (bicyclic) bond motifs is 1. The maximum atomic E-state index is 14.5. The Labute approximate surface area is 178 Å². The lowest BCUT2D eigenvalue weighted by Gasteiger charge is -2.32. The summed E-state index contributed by atoms with van der Waals surface area (Å²) in [6.07, 6.45) is 4.16. The molecule has 164 valence electrons. The molecule has 0 bridgehead atoms. The number of likely N-dealkylation sites (tertiary alicyclic amines) is 2. The van der Waals surface area contributed by atoms with Gasteiger partial charge in [-0.2, -0.15) is 10.1 Å². The number of ether oxygens (including phenoxy) is 1. The van der Waals surface area contributed by atoms with E-state index in [9.17, 15) is 9.18 Å². The standard InChI is InChI=1S/C21H25FN6O3/c1-30-21(29)28-9-4-13(12-28)11-27-7-5-14(6-8-27)20-24-19(26-31-20)18-15-10-23-25-17(15)3-2-16(18)22/h2-3,10,13-14H,4-9,11-12H2,1H3,(H,23,25)/t13-/m1/s1. The van der Waals surface area contributed by atoms with Gasteiger partial charge < -0.3 is 19.1 Å². The van der Waals surface area contributed by atoms with Gasteiger partial charge in [0, 0.05) is 30.9 Å². The summed E-state index contributed by atoms with van der Waals surface area (Å²) in [5.41, 5.74) is 1.05. The Kier molecular flexibility index (Phi) is 5.31. The van der Waals surface area contributed by atoms with Gasteiger partial charge in [-0.25, -0.2) is 9.18 Å². The fourth-order valence-electron chi connectivity index (χ4n) is 4.72. The molecule has 10 heteroatoms. The van der Waals surface area contributed by atoms with E-state index in [0.29, 0.717) is 22.8 Å². The van der Waals surface area contributed by atoms with Gasteiger partial charge in [-0.15, -0.1) is 0 Å². The van der Waals surface area contributed by atoms with Crippen LogP contribution in [-0.4, -0.2) is 76.1 Å². The number of nitrogens with one attached hydrogen (secondary N) is 1. The first-order valence-electron chi connectivity index (χ1n) is 10.6. The van der Waals surface area contributed by atoms with Crippen molar-refractivity contribution in [1.29, 1.82) is 0 Å². The summed E-state index contributed by atoms with van der Waals surface area (Å²) >= 11 is 0. The van der Waals surface area contributed by atoms with Crippen LogP contribution in [-0.2, 0) is 4.74 Å². The number of nitrogens with zero attached hydrogens (tertiary/aromatic N) is 5. The summed E-state index contributed by atoms with van der Waals surface area (Å²) in [5.74, 6) is 1.07. The van der Waals surface area contributed by atoms with Gasteiger partial charge in [0.2, 0.25) is 11.7 Å². The van der Waals surface area contributed by atoms with E-state index in [4.69, 9.17) is 9.26 Å².